The summed E-state index contributed by atoms with van der Waals surface area (Å²) in [6.45, 7) is 5.20. The average Bonchev–Trinajstić information content (AvgIpc) is 2.14. The van der Waals surface area contributed by atoms with E-state index in [1.165, 1.54) is 19.3 Å². The number of carbonyl (C=O) groups is 1. The highest BCUT2D eigenvalue weighted by Crippen LogP contribution is 2.61. The SMILES string of the molecule is CC1(C)[C@H]2CC[C@@H](COC(N)=O)[C@@H]1C2. The van der Waals surface area contributed by atoms with Crippen molar-refractivity contribution in [2.45, 2.75) is 33.1 Å². The minimum atomic E-state index is -0.635. The Kier molecular flexibility index (Phi) is 2.20. The summed E-state index contributed by atoms with van der Waals surface area (Å²) in [4.78, 5) is 10.5. The number of hydrogen-bond acceptors (Lipinski definition) is 2. The molecule has 1 amide bonds. The van der Waals surface area contributed by atoms with Gasteiger partial charge >= 0.3 is 6.09 Å². The fraction of sp³-hybridized carbons (Fsp3) is 0.909. The van der Waals surface area contributed by atoms with E-state index in [1.807, 2.05) is 0 Å². The van der Waals surface area contributed by atoms with E-state index in [-0.39, 0.29) is 0 Å². The average molecular weight is 197 g/mol. The molecule has 0 aliphatic heterocycles. The van der Waals surface area contributed by atoms with Crippen LogP contribution in [0.5, 0.6) is 0 Å². The van der Waals surface area contributed by atoms with Crippen molar-refractivity contribution in [2.75, 3.05) is 6.61 Å². The van der Waals surface area contributed by atoms with Crippen LogP contribution in [0.15, 0.2) is 0 Å². The van der Waals surface area contributed by atoms with Crippen molar-refractivity contribution >= 4 is 6.09 Å². The molecule has 3 aliphatic carbocycles. The van der Waals surface area contributed by atoms with Crippen LogP contribution in [0.1, 0.15) is 33.1 Å². The molecule has 0 saturated heterocycles. The van der Waals surface area contributed by atoms with Gasteiger partial charge < -0.3 is 10.5 Å². The topological polar surface area (TPSA) is 52.3 Å². The molecule has 0 spiro atoms. The fourth-order valence-corrected chi connectivity index (χ4v) is 3.35. The van der Waals surface area contributed by atoms with E-state index in [9.17, 15) is 4.79 Å². The van der Waals surface area contributed by atoms with Crippen molar-refractivity contribution in [3.8, 4) is 0 Å². The summed E-state index contributed by atoms with van der Waals surface area (Å²) < 4.78 is 4.91. The maximum atomic E-state index is 10.5. The third-order valence-electron chi connectivity index (χ3n) is 4.44. The van der Waals surface area contributed by atoms with E-state index in [0.29, 0.717) is 17.9 Å². The Morgan fingerprint density at radius 2 is 2.21 bits per heavy atom. The molecule has 14 heavy (non-hydrogen) atoms. The molecule has 3 nitrogen and oxygen atoms in total. The second-order valence-corrected chi connectivity index (χ2v) is 5.33. The zero-order chi connectivity index (χ0) is 10.3. The Bertz CT molecular complexity index is 248. The Morgan fingerprint density at radius 1 is 1.50 bits per heavy atom. The molecule has 3 saturated carbocycles. The highest BCUT2D eigenvalue weighted by atomic mass is 16.5. The first-order valence-electron chi connectivity index (χ1n) is 5.44. The van der Waals surface area contributed by atoms with Gasteiger partial charge in [0.2, 0.25) is 0 Å². The zero-order valence-corrected chi connectivity index (χ0v) is 8.95. The highest BCUT2D eigenvalue weighted by Gasteiger charge is 2.54. The molecule has 0 aromatic heterocycles. The summed E-state index contributed by atoms with van der Waals surface area (Å²) in [7, 11) is 0. The van der Waals surface area contributed by atoms with Crippen LogP contribution in [-0.2, 0) is 4.74 Å². The molecule has 3 heteroatoms. The molecule has 3 rings (SSSR count). The van der Waals surface area contributed by atoms with Crippen LogP contribution < -0.4 is 5.73 Å². The van der Waals surface area contributed by atoms with Crippen LogP contribution in [0.25, 0.3) is 0 Å². The van der Waals surface area contributed by atoms with Gasteiger partial charge in [-0.2, -0.15) is 0 Å². The Hall–Kier alpha value is -0.730. The van der Waals surface area contributed by atoms with Crippen LogP contribution in [0.2, 0.25) is 0 Å². The van der Waals surface area contributed by atoms with Gasteiger partial charge in [0.25, 0.3) is 0 Å². The van der Waals surface area contributed by atoms with Crippen LogP contribution in [-0.4, -0.2) is 12.7 Å². The van der Waals surface area contributed by atoms with Gasteiger partial charge in [-0.15, -0.1) is 0 Å². The number of primary amides is 1. The van der Waals surface area contributed by atoms with E-state index in [4.69, 9.17) is 10.5 Å². The highest BCUT2D eigenvalue weighted by molar-refractivity contribution is 5.64. The molecular weight excluding hydrogens is 178 g/mol. The molecule has 80 valence electrons. The van der Waals surface area contributed by atoms with Crippen molar-refractivity contribution < 1.29 is 9.53 Å². The summed E-state index contributed by atoms with van der Waals surface area (Å²) in [5.74, 6) is 2.18. The first-order chi connectivity index (χ1) is 6.51. The lowest BCUT2D eigenvalue weighted by molar-refractivity contribution is -0.116. The van der Waals surface area contributed by atoms with Crippen molar-refractivity contribution in [3.05, 3.63) is 0 Å². The molecule has 3 aliphatic rings. The molecule has 0 aromatic rings. The van der Waals surface area contributed by atoms with Gasteiger partial charge in [-0.1, -0.05) is 13.8 Å². The fourth-order valence-electron chi connectivity index (χ4n) is 3.35. The Balaban J connectivity index is 1.91. The van der Waals surface area contributed by atoms with Crippen molar-refractivity contribution in [1.82, 2.24) is 0 Å². The lowest BCUT2D eigenvalue weighted by atomic mass is 9.46. The third-order valence-corrected chi connectivity index (χ3v) is 4.44. The quantitative estimate of drug-likeness (QED) is 0.737. The smallest absolute Gasteiger partial charge is 0.404 e. The second kappa shape index (κ2) is 3.14. The predicted octanol–water partition coefficient (Wildman–Crippen LogP) is 2.15. The molecule has 0 radical (unpaired) electrons. The lowest BCUT2D eigenvalue weighted by Gasteiger charge is -2.59. The standard InChI is InChI=1S/C11H19NO2/c1-11(2)8-4-3-7(9(11)5-8)6-14-10(12)13/h7-9H,3-6H2,1-2H3,(H2,12,13)/t7-,8-,9-/m0/s1. The first kappa shape index (κ1) is 9.81. The second-order valence-electron chi connectivity index (χ2n) is 5.33. The summed E-state index contributed by atoms with van der Waals surface area (Å²) in [5, 5.41) is 0. The van der Waals surface area contributed by atoms with E-state index < -0.39 is 6.09 Å². The largest absolute Gasteiger partial charge is 0.449 e. The maximum absolute atomic E-state index is 10.5. The molecule has 0 heterocycles. The molecule has 0 unspecified atom stereocenters. The molecule has 2 bridgehead atoms. The Morgan fingerprint density at radius 3 is 2.71 bits per heavy atom. The number of rotatable bonds is 2. The van der Waals surface area contributed by atoms with Crippen LogP contribution in [0.4, 0.5) is 4.79 Å². The predicted molar refractivity (Wildman–Crippen MR) is 53.6 cm³/mol. The monoisotopic (exact) mass is 197 g/mol. The first-order valence-corrected chi connectivity index (χ1v) is 5.44. The van der Waals surface area contributed by atoms with E-state index in [0.717, 1.165) is 11.8 Å². The van der Waals surface area contributed by atoms with Crippen molar-refractivity contribution in [1.29, 1.82) is 0 Å². The van der Waals surface area contributed by atoms with Gasteiger partial charge in [-0.25, -0.2) is 4.79 Å². The van der Waals surface area contributed by atoms with Crippen molar-refractivity contribution in [2.24, 2.45) is 28.9 Å². The van der Waals surface area contributed by atoms with Gasteiger partial charge in [0.15, 0.2) is 0 Å². The summed E-state index contributed by atoms with van der Waals surface area (Å²) >= 11 is 0. The van der Waals surface area contributed by atoms with Gasteiger partial charge in [0, 0.05) is 0 Å². The summed E-state index contributed by atoms with van der Waals surface area (Å²) in [5.41, 5.74) is 5.44. The Labute approximate surface area is 85.0 Å². The minimum absolute atomic E-state index is 0.462. The van der Waals surface area contributed by atoms with Gasteiger partial charge in [-0.3, -0.25) is 0 Å². The molecule has 3 fully saturated rings. The summed E-state index contributed by atoms with van der Waals surface area (Å²) in [6, 6.07) is 0. The van der Waals surface area contributed by atoms with E-state index >= 15 is 0 Å². The third kappa shape index (κ3) is 1.39. The molecular formula is C11H19NO2. The van der Waals surface area contributed by atoms with Crippen LogP contribution in [0.3, 0.4) is 0 Å². The van der Waals surface area contributed by atoms with Crippen LogP contribution in [0, 0.1) is 23.2 Å². The van der Waals surface area contributed by atoms with E-state index in [1.54, 1.807) is 0 Å². The van der Waals surface area contributed by atoms with E-state index in [2.05, 4.69) is 13.8 Å². The number of hydrogen-bond donors (Lipinski definition) is 1. The number of nitrogens with two attached hydrogens (primary N) is 1. The number of fused-ring (bicyclic) bond motifs is 2. The number of ether oxygens (including phenoxy) is 1. The van der Waals surface area contributed by atoms with Gasteiger partial charge in [0.1, 0.15) is 0 Å². The zero-order valence-electron chi connectivity index (χ0n) is 8.95. The van der Waals surface area contributed by atoms with Gasteiger partial charge in [0.05, 0.1) is 6.61 Å². The molecule has 2 N–H and O–H groups in total. The maximum Gasteiger partial charge on any atom is 0.404 e. The number of carbonyl (C=O) groups excluding carboxylic acids is 1. The van der Waals surface area contributed by atoms with Gasteiger partial charge in [-0.05, 0) is 42.4 Å². The lowest BCUT2D eigenvalue weighted by Crippen LogP contribution is -2.53. The molecule has 0 aromatic carbocycles. The molecule has 3 atom stereocenters. The summed E-state index contributed by atoms with van der Waals surface area (Å²) in [6.07, 6.45) is 3.17. The van der Waals surface area contributed by atoms with Crippen molar-refractivity contribution in [3.63, 3.8) is 0 Å². The minimum Gasteiger partial charge on any atom is -0.449 e. The normalized spacial score (nSPS) is 38.6. The van der Waals surface area contributed by atoms with Crippen LogP contribution >= 0.6 is 0 Å². The number of amides is 1.